The molecule has 1 aromatic heterocycles. The lowest BCUT2D eigenvalue weighted by atomic mass is 10.1. The van der Waals surface area contributed by atoms with Gasteiger partial charge in [0.15, 0.2) is 0 Å². The van der Waals surface area contributed by atoms with Gasteiger partial charge in [0.05, 0.1) is 12.8 Å². The van der Waals surface area contributed by atoms with Crippen molar-refractivity contribution in [3.8, 4) is 0 Å². The van der Waals surface area contributed by atoms with Gasteiger partial charge >= 0.3 is 11.7 Å². The zero-order chi connectivity index (χ0) is 14.6. The molecule has 104 valence electrons. The number of carboxylic acids is 1. The van der Waals surface area contributed by atoms with Crippen LogP contribution in [0.3, 0.4) is 0 Å². The lowest BCUT2D eigenvalue weighted by molar-refractivity contribution is -0.137. The first-order valence-corrected chi connectivity index (χ1v) is 5.87. The maximum atomic E-state index is 11.8. The van der Waals surface area contributed by atoms with Gasteiger partial charge in [-0.25, -0.2) is 4.79 Å². The maximum Gasteiger partial charge on any atom is 0.345 e. The molecule has 0 bridgehead atoms. The molecule has 1 amide bonds. The van der Waals surface area contributed by atoms with Gasteiger partial charge in [0.1, 0.15) is 0 Å². The molecule has 0 saturated heterocycles. The predicted molar refractivity (Wildman–Crippen MR) is 67.9 cm³/mol. The van der Waals surface area contributed by atoms with Crippen LogP contribution in [0.1, 0.15) is 30.3 Å². The Morgan fingerprint density at radius 1 is 1.42 bits per heavy atom. The summed E-state index contributed by atoms with van der Waals surface area (Å²) in [5.74, 6) is -1.26. The van der Waals surface area contributed by atoms with Crippen LogP contribution < -0.4 is 11.0 Å². The van der Waals surface area contributed by atoms with Crippen LogP contribution in [0.25, 0.3) is 0 Å². The van der Waals surface area contributed by atoms with Gasteiger partial charge in [0.25, 0.3) is 0 Å². The molecule has 7 nitrogen and oxygen atoms in total. The van der Waals surface area contributed by atoms with Crippen molar-refractivity contribution in [2.24, 2.45) is 0 Å². The van der Waals surface area contributed by atoms with Crippen molar-refractivity contribution >= 4 is 11.9 Å². The number of aliphatic carboxylic acids is 1. The second kappa shape index (κ2) is 6.12. The minimum atomic E-state index is -0.967. The minimum Gasteiger partial charge on any atom is -0.481 e. The molecule has 1 rings (SSSR count). The molecule has 0 aliphatic rings. The van der Waals surface area contributed by atoms with E-state index in [9.17, 15) is 14.4 Å². The van der Waals surface area contributed by atoms with Gasteiger partial charge in [0.2, 0.25) is 5.91 Å². The fourth-order valence-electron chi connectivity index (χ4n) is 1.81. The monoisotopic (exact) mass is 267 g/mol. The number of aromatic nitrogens is 2. The summed E-state index contributed by atoms with van der Waals surface area (Å²) in [6.07, 6.45) is -0.0705. The predicted octanol–water partition coefficient (Wildman–Crippen LogP) is -0.0914. The number of hydrogen-bond donors (Lipinski definition) is 3. The summed E-state index contributed by atoms with van der Waals surface area (Å²) in [5.41, 5.74) is 1.30. The highest BCUT2D eigenvalue weighted by Gasteiger charge is 2.14. The van der Waals surface area contributed by atoms with E-state index in [1.54, 1.807) is 20.8 Å². The van der Waals surface area contributed by atoms with E-state index < -0.39 is 17.7 Å². The molecule has 0 fully saturated rings. The number of hydrogen-bond acceptors (Lipinski definition) is 4. The van der Waals surface area contributed by atoms with E-state index in [0.717, 1.165) is 0 Å². The van der Waals surface area contributed by atoms with Crippen molar-refractivity contribution in [3.05, 3.63) is 27.4 Å². The van der Waals surface area contributed by atoms with Gasteiger partial charge in [-0.1, -0.05) is 0 Å². The number of H-pyrrole nitrogens is 1. The Balaban J connectivity index is 2.72. The van der Waals surface area contributed by atoms with Gasteiger partial charge in [-0.05, 0) is 20.8 Å². The summed E-state index contributed by atoms with van der Waals surface area (Å²) in [4.78, 5) is 39.6. The highest BCUT2D eigenvalue weighted by Crippen LogP contribution is 2.07. The Morgan fingerprint density at radius 2 is 2.05 bits per heavy atom. The summed E-state index contributed by atoms with van der Waals surface area (Å²) >= 11 is 0. The summed E-state index contributed by atoms with van der Waals surface area (Å²) in [6, 6.07) is -0.443. The van der Waals surface area contributed by atoms with E-state index >= 15 is 0 Å². The Labute approximate surface area is 110 Å². The third-order valence-electron chi connectivity index (χ3n) is 2.68. The highest BCUT2D eigenvalue weighted by molar-refractivity contribution is 5.80. The van der Waals surface area contributed by atoms with Crippen LogP contribution in [0.15, 0.2) is 4.79 Å². The number of carboxylic acid groups (broad SMARTS) is 1. The van der Waals surface area contributed by atoms with Crippen molar-refractivity contribution in [2.75, 3.05) is 0 Å². The molecule has 0 radical (unpaired) electrons. The molecule has 1 heterocycles. The molecule has 1 aromatic rings. The Bertz CT molecular complexity index is 524. The molecule has 19 heavy (non-hydrogen) atoms. The fraction of sp³-hybridized carbons (Fsp3) is 0.500. The van der Waals surface area contributed by atoms with Crippen molar-refractivity contribution in [1.82, 2.24) is 15.3 Å². The molecular formula is C12H17N3O4. The molecular weight excluding hydrogens is 250 g/mol. The van der Waals surface area contributed by atoms with Crippen LogP contribution >= 0.6 is 0 Å². The van der Waals surface area contributed by atoms with Crippen LogP contribution in [0, 0.1) is 13.8 Å². The fourth-order valence-corrected chi connectivity index (χ4v) is 1.81. The van der Waals surface area contributed by atoms with Gasteiger partial charge < -0.3 is 15.4 Å². The van der Waals surface area contributed by atoms with Crippen LogP contribution in [0.5, 0.6) is 0 Å². The lowest BCUT2D eigenvalue weighted by Gasteiger charge is -2.13. The number of nitrogens with one attached hydrogen (secondary N) is 2. The normalized spacial score (nSPS) is 11.9. The smallest absolute Gasteiger partial charge is 0.345 e. The van der Waals surface area contributed by atoms with Crippen LogP contribution in [0.2, 0.25) is 0 Å². The number of carbonyl (C=O) groups excluding carboxylic acids is 1. The van der Waals surface area contributed by atoms with Crippen molar-refractivity contribution < 1.29 is 14.7 Å². The summed E-state index contributed by atoms with van der Waals surface area (Å²) in [6.45, 7) is 4.97. The molecule has 1 atom stereocenters. The largest absolute Gasteiger partial charge is 0.481 e. The Hall–Kier alpha value is -2.18. The van der Waals surface area contributed by atoms with Crippen molar-refractivity contribution in [1.29, 1.82) is 0 Å². The second-order valence-corrected chi connectivity index (χ2v) is 4.47. The molecule has 0 aliphatic heterocycles. The van der Waals surface area contributed by atoms with Crippen LogP contribution in [-0.2, 0) is 16.0 Å². The van der Waals surface area contributed by atoms with E-state index in [-0.39, 0.29) is 18.7 Å². The second-order valence-electron chi connectivity index (χ2n) is 4.47. The average molecular weight is 267 g/mol. The molecule has 7 heteroatoms. The quantitative estimate of drug-likeness (QED) is 0.690. The summed E-state index contributed by atoms with van der Waals surface area (Å²) < 4.78 is 0. The number of aryl methyl sites for hydroxylation is 2. The zero-order valence-electron chi connectivity index (χ0n) is 11.1. The van der Waals surface area contributed by atoms with Crippen molar-refractivity contribution in [2.45, 2.75) is 39.7 Å². The average Bonchev–Trinajstić information content (AvgIpc) is 2.21. The molecule has 0 aliphatic carbocycles. The molecule has 0 spiro atoms. The summed E-state index contributed by atoms with van der Waals surface area (Å²) in [5, 5.41) is 11.2. The van der Waals surface area contributed by atoms with E-state index in [1.165, 1.54) is 0 Å². The van der Waals surface area contributed by atoms with Crippen LogP contribution in [-0.4, -0.2) is 33.0 Å². The topological polar surface area (TPSA) is 112 Å². The first kappa shape index (κ1) is 14.9. The first-order valence-electron chi connectivity index (χ1n) is 5.87. The summed E-state index contributed by atoms with van der Waals surface area (Å²) in [7, 11) is 0. The van der Waals surface area contributed by atoms with E-state index in [0.29, 0.717) is 17.0 Å². The van der Waals surface area contributed by atoms with Gasteiger partial charge in [0, 0.05) is 23.0 Å². The first-order chi connectivity index (χ1) is 8.79. The maximum absolute atomic E-state index is 11.8. The molecule has 1 unspecified atom stereocenters. The van der Waals surface area contributed by atoms with Gasteiger partial charge in [-0.2, -0.15) is 4.98 Å². The van der Waals surface area contributed by atoms with Gasteiger partial charge in [-0.3, -0.25) is 9.59 Å². The van der Waals surface area contributed by atoms with Crippen molar-refractivity contribution in [3.63, 3.8) is 0 Å². The number of amides is 1. The number of rotatable bonds is 5. The minimum absolute atomic E-state index is 0.0609. The lowest BCUT2D eigenvalue weighted by Crippen LogP contribution is -2.35. The van der Waals surface area contributed by atoms with E-state index in [2.05, 4.69) is 15.3 Å². The van der Waals surface area contributed by atoms with Gasteiger partial charge in [-0.15, -0.1) is 0 Å². The standard InChI is InChI=1S/C12H17N3O4/c1-6(4-11(17)18)13-10(16)5-9-7(2)14-12(19)15-8(9)3/h6H,4-5H2,1-3H3,(H,13,16)(H,17,18)(H,14,15,19). The SMILES string of the molecule is Cc1nc(=O)[nH]c(C)c1CC(=O)NC(C)CC(=O)O. The zero-order valence-corrected chi connectivity index (χ0v) is 11.1. The number of carbonyl (C=O) groups is 2. The third-order valence-corrected chi connectivity index (χ3v) is 2.68. The Morgan fingerprint density at radius 3 is 2.58 bits per heavy atom. The molecule has 3 N–H and O–H groups in total. The van der Waals surface area contributed by atoms with E-state index in [1.807, 2.05) is 0 Å². The molecule has 0 saturated carbocycles. The highest BCUT2D eigenvalue weighted by atomic mass is 16.4. The Kier molecular flexibility index (Phi) is 4.80. The number of nitrogens with zero attached hydrogens (tertiary/aromatic N) is 1. The van der Waals surface area contributed by atoms with Crippen LogP contribution in [0.4, 0.5) is 0 Å². The molecule has 0 aromatic carbocycles. The third kappa shape index (κ3) is 4.53. The van der Waals surface area contributed by atoms with E-state index in [4.69, 9.17) is 5.11 Å². The number of aromatic amines is 1.